The lowest BCUT2D eigenvalue weighted by Crippen LogP contribution is -2.50. The fraction of sp³-hybridized carbons (Fsp3) is 0.650. The van der Waals surface area contributed by atoms with Crippen molar-refractivity contribution in [3.63, 3.8) is 0 Å². The van der Waals surface area contributed by atoms with Crippen LogP contribution in [0.4, 0.5) is 0 Å². The van der Waals surface area contributed by atoms with Gasteiger partial charge in [-0.2, -0.15) is 0 Å². The molecule has 0 aliphatic carbocycles. The molecule has 0 saturated carbocycles. The van der Waals surface area contributed by atoms with Crippen LogP contribution in [0.25, 0.3) is 0 Å². The van der Waals surface area contributed by atoms with E-state index in [4.69, 9.17) is 4.74 Å². The van der Waals surface area contributed by atoms with E-state index in [0.29, 0.717) is 13.0 Å². The average molecular weight is 348 g/mol. The van der Waals surface area contributed by atoms with Gasteiger partial charge in [0.25, 0.3) is 0 Å². The van der Waals surface area contributed by atoms with E-state index >= 15 is 0 Å². The minimum atomic E-state index is -0.537. The van der Waals surface area contributed by atoms with Crippen molar-refractivity contribution >= 4 is 5.91 Å². The number of benzene rings is 1. The summed E-state index contributed by atoms with van der Waals surface area (Å²) in [6, 6.07) is 6.28. The summed E-state index contributed by atoms with van der Waals surface area (Å²) in [7, 11) is 0. The predicted molar refractivity (Wildman–Crippen MR) is 99.9 cm³/mol. The highest BCUT2D eigenvalue weighted by molar-refractivity contribution is 5.76. The van der Waals surface area contributed by atoms with Gasteiger partial charge in [-0.1, -0.05) is 19.1 Å². The van der Waals surface area contributed by atoms with Gasteiger partial charge in [0.15, 0.2) is 0 Å². The number of carbonyl (C=O) groups excluding carboxylic acids is 1. The second-order valence-corrected chi connectivity index (χ2v) is 7.15. The van der Waals surface area contributed by atoms with Crippen LogP contribution in [0.15, 0.2) is 18.2 Å². The van der Waals surface area contributed by atoms with Crippen molar-refractivity contribution in [2.45, 2.75) is 58.6 Å². The van der Waals surface area contributed by atoms with Crippen LogP contribution in [0.3, 0.4) is 0 Å². The smallest absolute Gasteiger partial charge is 0.220 e. The molecule has 140 valence electrons. The van der Waals surface area contributed by atoms with E-state index in [1.807, 2.05) is 32.9 Å². The molecule has 2 rings (SSSR count). The third-order valence-electron chi connectivity index (χ3n) is 4.59. The SMILES string of the molecule is CCCC(=O)NC1CCCN(CC(O)COc2cc(C)ccc2C)C1. The fourth-order valence-electron chi connectivity index (χ4n) is 3.27. The van der Waals surface area contributed by atoms with Crippen molar-refractivity contribution in [3.05, 3.63) is 29.3 Å². The number of aliphatic hydroxyl groups excluding tert-OH is 1. The zero-order valence-corrected chi connectivity index (χ0v) is 15.8. The molecule has 25 heavy (non-hydrogen) atoms. The number of piperidine rings is 1. The molecule has 0 radical (unpaired) electrons. The zero-order valence-electron chi connectivity index (χ0n) is 15.8. The number of rotatable bonds is 8. The number of nitrogens with one attached hydrogen (secondary N) is 1. The molecule has 1 amide bonds. The first-order valence-electron chi connectivity index (χ1n) is 9.37. The summed E-state index contributed by atoms with van der Waals surface area (Å²) in [5, 5.41) is 13.4. The molecule has 0 aromatic heterocycles. The second-order valence-electron chi connectivity index (χ2n) is 7.15. The molecule has 5 heteroatoms. The molecule has 1 fully saturated rings. The van der Waals surface area contributed by atoms with Gasteiger partial charge in [0.1, 0.15) is 18.5 Å². The Bertz CT molecular complexity index is 562. The number of nitrogens with zero attached hydrogens (tertiary/aromatic N) is 1. The van der Waals surface area contributed by atoms with Crippen LogP contribution in [-0.2, 0) is 4.79 Å². The first-order chi connectivity index (χ1) is 12.0. The number of likely N-dealkylation sites (tertiary alicyclic amines) is 1. The van der Waals surface area contributed by atoms with Crippen LogP contribution >= 0.6 is 0 Å². The van der Waals surface area contributed by atoms with Crippen molar-refractivity contribution in [2.75, 3.05) is 26.2 Å². The van der Waals surface area contributed by atoms with Gasteiger partial charge in [0.05, 0.1) is 0 Å². The van der Waals surface area contributed by atoms with Gasteiger partial charge in [-0.25, -0.2) is 0 Å². The van der Waals surface area contributed by atoms with E-state index in [9.17, 15) is 9.90 Å². The maximum atomic E-state index is 11.8. The summed E-state index contributed by atoms with van der Waals surface area (Å²) in [5.41, 5.74) is 2.23. The number of carbonyl (C=O) groups is 1. The molecule has 1 aromatic rings. The molecule has 1 aliphatic rings. The highest BCUT2D eigenvalue weighted by Gasteiger charge is 2.23. The van der Waals surface area contributed by atoms with Gasteiger partial charge in [0.2, 0.25) is 5.91 Å². The first-order valence-corrected chi connectivity index (χ1v) is 9.37. The quantitative estimate of drug-likeness (QED) is 0.757. The highest BCUT2D eigenvalue weighted by Crippen LogP contribution is 2.19. The lowest BCUT2D eigenvalue weighted by atomic mass is 10.0. The Balaban J connectivity index is 1.76. The van der Waals surface area contributed by atoms with Crippen molar-refractivity contribution in [3.8, 4) is 5.75 Å². The fourth-order valence-corrected chi connectivity index (χ4v) is 3.27. The minimum absolute atomic E-state index is 0.133. The van der Waals surface area contributed by atoms with Crippen molar-refractivity contribution in [1.82, 2.24) is 10.2 Å². The van der Waals surface area contributed by atoms with Crippen LogP contribution < -0.4 is 10.1 Å². The number of β-amino-alcohol motifs (C(OH)–C–C–N with tert-alkyl or cyclic N) is 1. The Labute approximate surface area is 151 Å². The number of hydrogen-bond acceptors (Lipinski definition) is 4. The van der Waals surface area contributed by atoms with E-state index in [1.54, 1.807) is 0 Å². The Morgan fingerprint density at radius 3 is 3.00 bits per heavy atom. The maximum Gasteiger partial charge on any atom is 0.220 e. The van der Waals surface area contributed by atoms with E-state index in [1.165, 1.54) is 0 Å². The molecular weight excluding hydrogens is 316 g/mol. The average Bonchev–Trinajstić information content (AvgIpc) is 2.56. The van der Waals surface area contributed by atoms with Crippen LogP contribution in [0.1, 0.15) is 43.7 Å². The normalized spacial score (nSPS) is 19.4. The molecule has 1 aliphatic heterocycles. The third kappa shape index (κ3) is 6.67. The van der Waals surface area contributed by atoms with Gasteiger partial charge in [-0.3, -0.25) is 9.69 Å². The Kier molecular flexibility index (Phi) is 7.72. The monoisotopic (exact) mass is 348 g/mol. The van der Waals surface area contributed by atoms with Gasteiger partial charge >= 0.3 is 0 Å². The summed E-state index contributed by atoms with van der Waals surface area (Å²) < 4.78 is 5.80. The van der Waals surface area contributed by atoms with Crippen molar-refractivity contribution in [1.29, 1.82) is 0 Å². The second kappa shape index (κ2) is 9.78. The molecule has 0 spiro atoms. The van der Waals surface area contributed by atoms with E-state index in [2.05, 4.69) is 16.3 Å². The molecule has 5 nitrogen and oxygen atoms in total. The number of ether oxygens (including phenoxy) is 1. The molecule has 2 N–H and O–H groups in total. The standard InChI is InChI=1S/C20H32N2O3/c1-4-6-20(24)21-17-7-5-10-22(12-17)13-18(23)14-25-19-11-15(2)8-9-16(19)3/h8-9,11,17-18,23H,4-7,10,12-14H2,1-3H3,(H,21,24). The largest absolute Gasteiger partial charge is 0.491 e. The van der Waals surface area contributed by atoms with Crippen LogP contribution in [0.2, 0.25) is 0 Å². The summed E-state index contributed by atoms with van der Waals surface area (Å²) in [5.74, 6) is 0.968. The molecule has 2 atom stereocenters. The summed E-state index contributed by atoms with van der Waals surface area (Å²) in [6.07, 6.45) is 2.98. The van der Waals surface area contributed by atoms with Gasteiger partial charge in [-0.05, 0) is 56.8 Å². The van der Waals surface area contributed by atoms with Gasteiger partial charge < -0.3 is 15.2 Å². The van der Waals surface area contributed by atoms with Crippen molar-refractivity contribution in [2.24, 2.45) is 0 Å². The molecule has 1 aromatic carbocycles. The number of amides is 1. The van der Waals surface area contributed by atoms with Gasteiger partial charge in [0, 0.05) is 25.6 Å². The molecule has 0 bridgehead atoms. The Morgan fingerprint density at radius 2 is 2.24 bits per heavy atom. The number of aryl methyl sites for hydroxylation is 2. The number of aliphatic hydroxyl groups is 1. The third-order valence-corrected chi connectivity index (χ3v) is 4.59. The Hall–Kier alpha value is -1.59. The predicted octanol–water partition coefficient (Wildman–Crippen LogP) is 2.42. The maximum absolute atomic E-state index is 11.8. The molecular formula is C20H32N2O3. The molecule has 2 unspecified atom stereocenters. The Morgan fingerprint density at radius 1 is 1.44 bits per heavy atom. The highest BCUT2D eigenvalue weighted by atomic mass is 16.5. The molecule has 1 saturated heterocycles. The van der Waals surface area contributed by atoms with E-state index < -0.39 is 6.10 Å². The van der Waals surface area contributed by atoms with Gasteiger partial charge in [-0.15, -0.1) is 0 Å². The first kappa shape index (κ1) is 19.7. The lowest BCUT2D eigenvalue weighted by Gasteiger charge is -2.34. The van der Waals surface area contributed by atoms with Crippen LogP contribution in [0.5, 0.6) is 5.75 Å². The molecule has 1 heterocycles. The van der Waals surface area contributed by atoms with Crippen LogP contribution in [-0.4, -0.2) is 54.3 Å². The van der Waals surface area contributed by atoms with Crippen LogP contribution in [0, 0.1) is 13.8 Å². The summed E-state index contributed by atoms with van der Waals surface area (Å²) in [6.45, 7) is 8.67. The van der Waals surface area contributed by atoms with E-state index in [-0.39, 0.29) is 18.6 Å². The summed E-state index contributed by atoms with van der Waals surface area (Å²) in [4.78, 5) is 14.0. The minimum Gasteiger partial charge on any atom is -0.491 e. The zero-order chi connectivity index (χ0) is 18.2. The van der Waals surface area contributed by atoms with E-state index in [0.717, 1.165) is 49.2 Å². The lowest BCUT2D eigenvalue weighted by molar-refractivity contribution is -0.122. The number of hydrogen-bond donors (Lipinski definition) is 2. The topological polar surface area (TPSA) is 61.8 Å². The van der Waals surface area contributed by atoms with Crippen molar-refractivity contribution < 1.29 is 14.6 Å². The summed E-state index contributed by atoms with van der Waals surface area (Å²) >= 11 is 0.